The van der Waals surface area contributed by atoms with Gasteiger partial charge in [0.25, 0.3) is 11.8 Å². The minimum absolute atomic E-state index is 0.0293. The molecule has 154 valence electrons. The zero-order valence-corrected chi connectivity index (χ0v) is 16.4. The van der Waals surface area contributed by atoms with Gasteiger partial charge in [0.15, 0.2) is 23.5 Å². The van der Waals surface area contributed by atoms with E-state index in [-0.39, 0.29) is 23.1 Å². The Bertz CT molecular complexity index is 1110. The van der Waals surface area contributed by atoms with Crippen molar-refractivity contribution in [3.05, 3.63) is 65.1 Å². The van der Waals surface area contributed by atoms with Gasteiger partial charge in [0.2, 0.25) is 5.88 Å². The van der Waals surface area contributed by atoms with Crippen LogP contribution in [0, 0.1) is 5.82 Å². The normalized spacial score (nSPS) is 11.6. The number of carbonyl (C=O) groups is 2. The van der Waals surface area contributed by atoms with Gasteiger partial charge < -0.3 is 20.9 Å². The number of nitrogens with zero attached hydrogens (tertiary/aromatic N) is 2. The first-order valence-electron chi connectivity index (χ1n) is 8.61. The summed E-state index contributed by atoms with van der Waals surface area (Å²) >= 11 is 5.86. The second-order valence-corrected chi connectivity index (χ2v) is 6.58. The summed E-state index contributed by atoms with van der Waals surface area (Å²) in [5.41, 5.74) is 10.9. The van der Waals surface area contributed by atoms with Crippen molar-refractivity contribution in [2.24, 2.45) is 11.5 Å². The molecule has 0 unspecified atom stereocenters. The van der Waals surface area contributed by atoms with Crippen molar-refractivity contribution in [2.45, 2.75) is 13.0 Å². The number of ether oxygens (including phenoxy) is 2. The topological polar surface area (TPSA) is 130 Å². The summed E-state index contributed by atoms with van der Waals surface area (Å²) in [6.07, 6.45) is -0.975. The second kappa shape index (κ2) is 8.75. The average molecular weight is 431 g/mol. The zero-order valence-electron chi connectivity index (χ0n) is 15.6. The van der Waals surface area contributed by atoms with Gasteiger partial charge in [-0.2, -0.15) is 4.98 Å². The molecule has 0 fully saturated rings. The Balaban J connectivity index is 1.89. The lowest BCUT2D eigenvalue weighted by atomic mass is 10.2. The van der Waals surface area contributed by atoms with E-state index in [4.69, 9.17) is 32.5 Å². The molecule has 0 bridgehead atoms. The number of halogens is 2. The fraction of sp³-hybridized carbons (Fsp3) is 0.100. The van der Waals surface area contributed by atoms with Crippen LogP contribution in [0.3, 0.4) is 0 Å². The van der Waals surface area contributed by atoms with Crippen LogP contribution >= 0.6 is 11.6 Å². The van der Waals surface area contributed by atoms with Crippen LogP contribution in [-0.2, 0) is 4.79 Å². The molecule has 0 spiro atoms. The molecular weight excluding hydrogens is 415 g/mol. The summed E-state index contributed by atoms with van der Waals surface area (Å²) in [7, 11) is 0. The number of carbonyl (C=O) groups excluding carboxylic acids is 2. The first-order chi connectivity index (χ1) is 14.2. The molecule has 3 rings (SSSR count). The summed E-state index contributed by atoms with van der Waals surface area (Å²) in [5, 5.41) is 0.331. The Morgan fingerprint density at radius 2 is 1.77 bits per heavy atom. The predicted octanol–water partition coefficient (Wildman–Crippen LogP) is 3.08. The number of nitrogens with two attached hydrogens (primary N) is 2. The van der Waals surface area contributed by atoms with Crippen molar-refractivity contribution in [1.29, 1.82) is 0 Å². The van der Waals surface area contributed by atoms with Crippen molar-refractivity contribution in [1.82, 2.24) is 9.97 Å². The third kappa shape index (κ3) is 5.00. The molecule has 4 N–H and O–H groups in total. The molecule has 0 aliphatic rings. The van der Waals surface area contributed by atoms with Gasteiger partial charge in [-0.25, -0.2) is 9.37 Å². The Morgan fingerprint density at radius 3 is 2.40 bits per heavy atom. The van der Waals surface area contributed by atoms with Crippen LogP contribution in [0.1, 0.15) is 17.4 Å². The van der Waals surface area contributed by atoms with Crippen LogP contribution in [0.4, 0.5) is 4.39 Å². The van der Waals surface area contributed by atoms with Crippen LogP contribution in [0.25, 0.3) is 11.4 Å². The molecule has 8 nitrogen and oxygen atoms in total. The summed E-state index contributed by atoms with van der Waals surface area (Å²) in [5.74, 6) is -1.67. The average Bonchev–Trinajstić information content (AvgIpc) is 2.71. The maximum atomic E-state index is 13.8. The minimum atomic E-state index is -0.975. The Morgan fingerprint density at radius 1 is 1.07 bits per heavy atom. The number of hydrogen-bond donors (Lipinski definition) is 2. The lowest BCUT2D eigenvalue weighted by Gasteiger charge is -2.12. The molecular formula is C20H16ClFN4O4. The summed E-state index contributed by atoms with van der Waals surface area (Å²) < 4.78 is 24.7. The van der Waals surface area contributed by atoms with Crippen LogP contribution in [0.5, 0.6) is 17.4 Å². The highest BCUT2D eigenvalue weighted by Crippen LogP contribution is 2.29. The fourth-order valence-electron chi connectivity index (χ4n) is 2.33. The second-order valence-electron chi connectivity index (χ2n) is 6.14. The van der Waals surface area contributed by atoms with Crippen LogP contribution in [-0.4, -0.2) is 27.9 Å². The maximum absolute atomic E-state index is 13.8. The van der Waals surface area contributed by atoms with Gasteiger partial charge in [-0.15, -0.1) is 0 Å². The van der Waals surface area contributed by atoms with E-state index in [1.807, 2.05) is 0 Å². The molecule has 0 radical (unpaired) electrons. The number of aromatic nitrogens is 2. The lowest BCUT2D eigenvalue weighted by Crippen LogP contribution is -2.31. The van der Waals surface area contributed by atoms with E-state index in [1.165, 1.54) is 31.2 Å². The summed E-state index contributed by atoms with van der Waals surface area (Å²) in [4.78, 5) is 31.1. The number of primary amides is 2. The van der Waals surface area contributed by atoms with Crippen molar-refractivity contribution < 1.29 is 23.5 Å². The van der Waals surface area contributed by atoms with E-state index in [2.05, 4.69) is 9.97 Å². The van der Waals surface area contributed by atoms with E-state index in [9.17, 15) is 14.0 Å². The Labute approximate surface area is 175 Å². The maximum Gasteiger partial charge on any atom is 0.267 e. The first kappa shape index (κ1) is 21.0. The van der Waals surface area contributed by atoms with E-state index < -0.39 is 23.7 Å². The van der Waals surface area contributed by atoms with Gasteiger partial charge in [0, 0.05) is 22.7 Å². The van der Waals surface area contributed by atoms with Gasteiger partial charge >= 0.3 is 0 Å². The van der Waals surface area contributed by atoms with Gasteiger partial charge in [-0.05, 0) is 43.3 Å². The summed E-state index contributed by atoms with van der Waals surface area (Å²) in [6.45, 7) is 1.44. The lowest BCUT2D eigenvalue weighted by molar-refractivity contribution is -0.124. The molecule has 0 aliphatic heterocycles. The molecule has 3 aromatic rings. The fourth-order valence-corrected chi connectivity index (χ4v) is 2.50. The van der Waals surface area contributed by atoms with E-state index >= 15 is 0 Å². The van der Waals surface area contributed by atoms with Gasteiger partial charge in [-0.3, -0.25) is 9.59 Å². The predicted molar refractivity (Wildman–Crippen MR) is 107 cm³/mol. The van der Waals surface area contributed by atoms with Crippen LogP contribution in [0.15, 0.2) is 48.5 Å². The minimum Gasteiger partial charge on any atom is -0.464 e. The molecule has 10 heteroatoms. The molecule has 1 heterocycles. The van der Waals surface area contributed by atoms with Crippen molar-refractivity contribution in [3.8, 4) is 28.8 Å². The molecule has 1 aromatic heterocycles. The highest BCUT2D eigenvalue weighted by Gasteiger charge is 2.16. The molecule has 0 saturated heterocycles. The molecule has 1 atom stereocenters. The molecule has 2 aromatic carbocycles. The zero-order chi connectivity index (χ0) is 21.8. The Hall–Kier alpha value is -3.72. The third-order valence-electron chi connectivity index (χ3n) is 3.89. The van der Waals surface area contributed by atoms with Gasteiger partial charge in [0.05, 0.1) is 0 Å². The standard InChI is InChI=1S/C20H16ClFN4O4/c1-10(18(23)27)29-17-9-15(19(24)28)25-20(26-17)11-2-5-13(6-3-11)30-16-8-12(21)4-7-14(16)22/h2-10H,1H3,(H2,23,27)(H2,24,28)/t10-/m0/s1. The van der Waals surface area contributed by atoms with E-state index in [1.54, 1.807) is 24.3 Å². The van der Waals surface area contributed by atoms with Gasteiger partial charge in [0.1, 0.15) is 11.4 Å². The quantitative estimate of drug-likeness (QED) is 0.592. The van der Waals surface area contributed by atoms with E-state index in [0.29, 0.717) is 16.3 Å². The number of benzene rings is 2. The monoisotopic (exact) mass is 430 g/mol. The summed E-state index contributed by atoms with van der Waals surface area (Å²) in [6, 6.07) is 11.5. The van der Waals surface area contributed by atoms with Crippen molar-refractivity contribution in [3.63, 3.8) is 0 Å². The SMILES string of the molecule is C[C@H](Oc1cc(C(N)=O)nc(-c2ccc(Oc3cc(Cl)ccc3F)cc2)n1)C(N)=O. The van der Waals surface area contributed by atoms with E-state index in [0.717, 1.165) is 0 Å². The molecule has 0 saturated carbocycles. The largest absolute Gasteiger partial charge is 0.464 e. The molecule has 2 amide bonds. The highest BCUT2D eigenvalue weighted by atomic mass is 35.5. The number of rotatable bonds is 7. The van der Waals surface area contributed by atoms with Crippen LogP contribution in [0.2, 0.25) is 5.02 Å². The third-order valence-corrected chi connectivity index (χ3v) is 4.12. The van der Waals surface area contributed by atoms with Crippen molar-refractivity contribution in [2.75, 3.05) is 0 Å². The number of amides is 2. The van der Waals surface area contributed by atoms with Crippen LogP contribution < -0.4 is 20.9 Å². The smallest absolute Gasteiger partial charge is 0.267 e. The molecule has 0 aliphatic carbocycles. The van der Waals surface area contributed by atoms with Gasteiger partial charge in [-0.1, -0.05) is 11.6 Å². The first-order valence-corrected chi connectivity index (χ1v) is 8.99. The van der Waals surface area contributed by atoms with Crippen molar-refractivity contribution >= 4 is 23.4 Å². The number of hydrogen-bond acceptors (Lipinski definition) is 6. The molecule has 30 heavy (non-hydrogen) atoms. The highest BCUT2D eigenvalue weighted by molar-refractivity contribution is 6.30. The Kier molecular flexibility index (Phi) is 6.12.